The highest BCUT2D eigenvalue weighted by Crippen LogP contribution is 2.39. The predicted molar refractivity (Wildman–Crippen MR) is 212 cm³/mol. The zero-order valence-corrected chi connectivity index (χ0v) is 30.8. The lowest BCUT2D eigenvalue weighted by Crippen LogP contribution is -2.30. The number of carbonyl (C=O) groups excluding carboxylic acids is 3. The number of para-hydroxylation sites is 1. The van der Waals surface area contributed by atoms with E-state index in [0.717, 1.165) is 11.1 Å². The molecule has 274 valence electrons. The summed E-state index contributed by atoms with van der Waals surface area (Å²) in [5, 5.41) is 10.8. The minimum absolute atomic E-state index is 0.0611. The number of nitrogens with zero attached hydrogens (tertiary/aromatic N) is 3. The second-order valence-corrected chi connectivity index (χ2v) is 13.0. The Morgan fingerprint density at radius 3 is 2.11 bits per heavy atom. The molecule has 0 saturated heterocycles. The zero-order valence-electron chi connectivity index (χ0n) is 30.0. The van der Waals surface area contributed by atoms with Gasteiger partial charge in [-0.2, -0.15) is 14.8 Å². The molecule has 11 nitrogen and oxygen atoms in total. The van der Waals surface area contributed by atoms with Crippen LogP contribution in [0.1, 0.15) is 38.8 Å². The number of aryl methyl sites for hydroxylation is 2. The molecule has 0 aliphatic carbocycles. The van der Waals surface area contributed by atoms with Crippen molar-refractivity contribution >= 4 is 40.9 Å². The van der Waals surface area contributed by atoms with Crippen molar-refractivity contribution in [2.75, 3.05) is 10.6 Å². The molecule has 0 aliphatic heterocycles. The van der Waals surface area contributed by atoms with Crippen LogP contribution in [0.2, 0.25) is 5.02 Å². The molecule has 2 aromatic heterocycles. The number of esters is 1. The minimum atomic E-state index is -0.861. The molecule has 0 aliphatic rings. The molecule has 7 aromatic rings. The van der Waals surface area contributed by atoms with Gasteiger partial charge >= 0.3 is 5.97 Å². The van der Waals surface area contributed by atoms with Crippen molar-refractivity contribution < 1.29 is 23.9 Å². The Kier molecular flexibility index (Phi) is 10.5. The lowest BCUT2D eigenvalue weighted by molar-refractivity contribution is -0.122. The first-order chi connectivity index (χ1) is 26.7. The largest absolute Gasteiger partial charge is 0.481 e. The zero-order chi connectivity index (χ0) is 38.5. The predicted octanol–water partition coefficient (Wildman–Crippen LogP) is 9.08. The summed E-state index contributed by atoms with van der Waals surface area (Å²) in [6, 6.07) is 39.1. The van der Waals surface area contributed by atoms with Crippen molar-refractivity contribution in [1.29, 1.82) is 0 Å². The van der Waals surface area contributed by atoms with Crippen LogP contribution in [0, 0.1) is 13.8 Å². The first-order valence-corrected chi connectivity index (χ1v) is 17.8. The summed E-state index contributed by atoms with van der Waals surface area (Å²) in [6.45, 7) is 5.57. The van der Waals surface area contributed by atoms with E-state index in [1.54, 1.807) is 85.8 Å². The standard InChI is InChI=1S/C43H35ClN6O5/c1-26-23-24-34(27(2)25-26)54-28(3)39(51)45-33-22-14-13-21-32(33)37-41(55-42(53)31-19-11-6-12-20-31)48-43(46-37)50-38(47-40(52)30-17-9-5-10-18-30)35(44)36(49-50)29-15-7-4-8-16-29/h4-25,28H,1-3H3,(H,45,51)(H,46,48)(H,47,52). The van der Waals surface area contributed by atoms with Crippen LogP contribution in [-0.2, 0) is 4.79 Å². The van der Waals surface area contributed by atoms with E-state index in [1.165, 1.54) is 4.68 Å². The Bertz CT molecular complexity index is 2500. The Balaban J connectivity index is 1.31. The molecule has 0 bridgehead atoms. The van der Waals surface area contributed by atoms with E-state index >= 15 is 0 Å². The molecule has 1 atom stereocenters. The van der Waals surface area contributed by atoms with Gasteiger partial charge in [0.15, 0.2) is 11.9 Å². The summed E-state index contributed by atoms with van der Waals surface area (Å²) in [5.41, 5.74) is 4.81. The van der Waals surface area contributed by atoms with Crippen LogP contribution in [0.3, 0.4) is 0 Å². The van der Waals surface area contributed by atoms with Crippen LogP contribution in [0.5, 0.6) is 11.6 Å². The van der Waals surface area contributed by atoms with Gasteiger partial charge < -0.3 is 25.1 Å². The van der Waals surface area contributed by atoms with E-state index in [1.807, 2.05) is 68.4 Å². The van der Waals surface area contributed by atoms with Gasteiger partial charge in [0, 0.05) is 16.7 Å². The number of aromatic nitrogens is 4. The molecule has 7 rings (SSSR count). The van der Waals surface area contributed by atoms with Gasteiger partial charge in [-0.05, 0) is 62.7 Å². The molecule has 0 saturated carbocycles. The van der Waals surface area contributed by atoms with Gasteiger partial charge in [-0.15, -0.1) is 0 Å². The minimum Gasteiger partial charge on any atom is -0.481 e. The molecule has 3 N–H and O–H groups in total. The fourth-order valence-electron chi connectivity index (χ4n) is 5.85. The second kappa shape index (κ2) is 15.9. The lowest BCUT2D eigenvalue weighted by Gasteiger charge is -2.18. The molecule has 2 heterocycles. The quantitative estimate of drug-likeness (QED) is 0.112. The monoisotopic (exact) mass is 750 g/mol. The summed E-state index contributed by atoms with van der Waals surface area (Å²) in [7, 11) is 0. The first kappa shape index (κ1) is 36.4. The van der Waals surface area contributed by atoms with E-state index in [9.17, 15) is 14.4 Å². The maximum absolute atomic E-state index is 13.6. The van der Waals surface area contributed by atoms with Gasteiger partial charge in [0.05, 0.1) is 11.3 Å². The highest BCUT2D eigenvalue weighted by atomic mass is 35.5. The average molecular weight is 751 g/mol. The number of rotatable bonds is 11. The van der Waals surface area contributed by atoms with E-state index < -0.39 is 23.9 Å². The first-order valence-electron chi connectivity index (χ1n) is 17.4. The molecule has 55 heavy (non-hydrogen) atoms. The number of aromatic amines is 1. The molecule has 12 heteroatoms. The number of hydrogen-bond acceptors (Lipinski definition) is 7. The fourth-order valence-corrected chi connectivity index (χ4v) is 6.13. The number of anilines is 2. The molecule has 5 aromatic carbocycles. The lowest BCUT2D eigenvalue weighted by atomic mass is 10.1. The topological polar surface area (TPSA) is 140 Å². The Morgan fingerprint density at radius 2 is 1.42 bits per heavy atom. The number of halogens is 1. The normalized spacial score (nSPS) is 11.4. The van der Waals surface area contributed by atoms with Crippen LogP contribution < -0.4 is 20.1 Å². The van der Waals surface area contributed by atoms with Crippen molar-refractivity contribution in [2.45, 2.75) is 26.9 Å². The summed E-state index contributed by atoms with van der Waals surface area (Å²) in [4.78, 5) is 48.4. The number of benzene rings is 5. The molecular weight excluding hydrogens is 716 g/mol. The van der Waals surface area contributed by atoms with Gasteiger partial charge in [-0.1, -0.05) is 114 Å². The van der Waals surface area contributed by atoms with Gasteiger partial charge in [-0.25, -0.2) is 4.79 Å². The fraction of sp³-hybridized carbons (Fsp3) is 0.0930. The summed E-state index contributed by atoms with van der Waals surface area (Å²) in [6.07, 6.45) is -0.861. The molecule has 0 radical (unpaired) electrons. The van der Waals surface area contributed by atoms with Crippen molar-refractivity contribution in [3.8, 4) is 40.1 Å². The number of hydrogen-bond donors (Lipinski definition) is 3. The number of H-pyrrole nitrogens is 1. The van der Waals surface area contributed by atoms with Crippen LogP contribution in [0.25, 0.3) is 28.5 Å². The summed E-state index contributed by atoms with van der Waals surface area (Å²) in [5.74, 6) is -0.849. The van der Waals surface area contributed by atoms with Crippen LogP contribution >= 0.6 is 11.6 Å². The van der Waals surface area contributed by atoms with Crippen LogP contribution in [0.4, 0.5) is 11.5 Å². The molecule has 0 fully saturated rings. The van der Waals surface area contributed by atoms with Crippen molar-refractivity contribution in [3.05, 3.63) is 161 Å². The van der Waals surface area contributed by atoms with Gasteiger partial charge in [0.1, 0.15) is 22.2 Å². The highest BCUT2D eigenvalue weighted by Gasteiger charge is 2.27. The van der Waals surface area contributed by atoms with Crippen LogP contribution in [-0.4, -0.2) is 43.6 Å². The summed E-state index contributed by atoms with van der Waals surface area (Å²) >= 11 is 6.98. The van der Waals surface area contributed by atoms with E-state index in [0.29, 0.717) is 39.4 Å². The third-order valence-electron chi connectivity index (χ3n) is 8.66. The Labute approximate surface area is 321 Å². The molecule has 0 spiro atoms. The number of ether oxygens (including phenoxy) is 2. The van der Waals surface area contributed by atoms with Gasteiger partial charge in [-0.3, -0.25) is 9.59 Å². The third kappa shape index (κ3) is 8.02. The Hall–Kier alpha value is -6.98. The van der Waals surface area contributed by atoms with Crippen molar-refractivity contribution in [1.82, 2.24) is 19.7 Å². The van der Waals surface area contributed by atoms with E-state index in [-0.39, 0.29) is 28.4 Å². The van der Waals surface area contributed by atoms with Gasteiger partial charge in [0.2, 0.25) is 5.95 Å². The average Bonchev–Trinajstić information content (AvgIpc) is 3.76. The van der Waals surface area contributed by atoms with E-state index in [4.69, 9.17) is 31.2 Å². The smallest absolute Gasteiger partial charge is 0.344 e. The highest BCUT2D eigenvalue weighted by molar-refractivity contribution is 6.36. The molecular formula is C43H35ClN6O5. The molecule has 1 unspecified atom stereocenters. The van der Waals surface area contributed by atoms with Gasteiger partial charge in [0.25, 0.3) is 17.7 Å². The second-order valence-electron chi connectivity index (χ2n) is 12.7. The Morgan fingerprint density at radius 1 is 0.782 bits per heavy atom. The SMILES string of the molecule is Cc1ccc(OC(C)C(=O)Nc2ccccc2-c2[nH]c(-n3nc(-c4ccccc4)c(Cl)c3NC(=O)c3ccccc3)nc2OC(=O)c2ccccc2)c(C)c1. The number of nitrogens with one attached hydrogen (secondary N) is 3. The number of carbonyl (C=O) groups is 3. The number of amides is 2. The maximum atomic E-state index is 13.6. The molecule has 2 amide bonds. The van der Waals surface area contributed by atoms with Crippen molar-refractivity contribution in [2.24, 2.45) is 0 Å². The summed E-state index contributed by atoms with van der Waals surface area (Å²) < 4.78 is 13.3. The van der Waals surface area contributed by atoms with E-state index in [2.05, 4.69) is 15.6 Å². The van der Waals surface area contributed by atoms with Crippen LogP contribution in [0.15, 0.2) is 133 Å². The maximum Gasteiger partial charge on any atom is 0.344 e. The third-order valence-corrected chi connectivity index (χ3v) is 9.02. The van der Waals surface area contributed by atoms with Crippen molar-refractivity contribution in [3.63, 3.8) is 0 Å². The number of imidazole rings is 1.